The van der Waals surface area contributed by atoms with Crippen molar-refractivity contribution in [3.8, 4) is 11.5 Å². The van der Waals surface area contributed by atoms with E-state index >= 15 is 0 Å². The molecular formula is C23H21N3O2. The van der Waals surface area contributed by atoms with Gasteiger partial charge in [-0.3, -0.25) is 9.48 Å². The molecule has 0 aliphatic heterocycles. The lowest BCUT2D eigenvalue weighted by Gasteiger charge is -2.08. The number of rotatable bonds is 6. The zero-order valence-corrected chi connectivity index (χ0v) is 15.6. The quantitative estimate of drug-likeness (QED) is 0.509. The zero-order chi connectivity index (χ0) is 19.3. The molecule has 4 aromatic rings. The zero-order valence-electron chi connectivity index (χ0n) is 15.6. The molecule has 5 nitrogen and oxygen atoms in total. The van der Waals surface area contributed by atoms with Crippen LogP contribution in [0.15, 0.2) is 79.0 Å². The summed E-state index contributed by atoms with van der Waals surface area (Å²) in [5.41, 5.74) is 2.98. The minimum atomic E-state index is -0.0486. The van der Waals surface area contributed by atoms with Gasteiger partial charge >= 0.3 is 0 Å². The Kier molecular flexibility index (Phi) is 5.06. The van der Waals surface area contributed by atoms with Crippen molar-refractivity contribution >= 4 is 22.5 Å². The van der Waals surface area contributed by atoms with Gasteiger partial charge in [-0.2, -0.15) is 5.10 Å². The number of fused-ring (bicyclic) bond motifs is 1. The molecule has 1 heterocycles. The van der Waals surface area contributed by atoms with Crippen LogP contribution in [-0.4, -0.2) is 15.7 Å². The Balaban J connectivity index is 1.33. The number of amides is 1. The molecule has 1 aromatic heterocycles. The molecule has 0 saturated carbocycles. The minimum absolute atomic E-state index is 0.0486. The molecule has 0 bridgehead atoms. The number of nitrogens with one attached hydrogen (secondary N) is 1. The molecule has 0 aliphatic rings. The number of nitrogens with zero attached hydrogens (tertiary/aromatic N) is 2. The fourth-order valence-corrected chi connectivity index (χ4v) is 3.05. The van der Waals surface area contributed by atoms with Crippen LogP contribution < -0.4 is 10.1 Å². The van der Waals surface area contributed by atoms with E-state index in [4.69, 9.17) is 4.74 Å². The molecule has 0 saturated heterocycles. The number of para-hydroxylation sites is 1. The summed E-state index contributed by atoms with van der Waals surface area (Å²) in [5, 5.41) is 8.40. The number of aryl methyl sites for hydroxylation is 2. The molecule has 0 spiro atoms. The van der Waals surface area contributed by atoms with Crippen molar-refractivity contribution in [2.24, 2.45) is 0 Å². The van der Waals surface area contributed by atoms with Crippen LogP contribution in [0.5, 0.6) is 11.5 Å². The first kappa shape index (κ1) is 17.8. The summed E-state index contributed by atoms with van der Waals surface area (Å²) in [5.74, 6) is 1.45. The van der Waals surface area contributed by atoms with Crippen molar-refractivity contribution in [2.75, 3.05) is 5.32 Å². The maximum absolute atomic E-state index is 12.3. The van der Waals surface area contributed by atoms with E-state index < -0.39 is 0 Å². The van der Waals surface area contributed by atoms with Gasteiger partial charge in [-0.25, -0.2) is 0 Å². The Morgan fingerprint density at radius 2 is 1.75 bits per heavy atom. The third kappa shape index (κ3) is 4.20. The van der Waals surface area contributed by atoms with Gasteiger partial charge in [0.15, 0.2) is 0 Å². The van der Waals surface area contributed by atoms with Gasteiger partial charge in [-0.15, -0.1) is 0 Å². The summed E-state index contributed by atoms with van der Waals surface area (Å²) in [6.45, 7) is 2.59. The lowest BCUT2D eigenvalue weighted by molar-refractivity contribution is -0.116. The van der Waals surface area contributed by atoms with Crippen LogP contribution in [0.3, 0.4) is 0 Å². The van der Waals surface area contributed by atoms with E-state index in [9.17, 15) is 4.79 Å². The predicted octanol–water partition coefficient (Wildman–Crippen LogP) is 5.17. The van der Waals surface area contributed by atoms with E-state index in [2.05, 4.69) is 29.5 Å². The molecule has 0 fully saturated rings. The van der Waals surface area contributed by atoms with Crippen molar-refractivity contribution in [3.63, 3.8) is 0 Å². The number of benzene rings is 3. The van der Waals surface area contributed by atoms with Gasteiger partial charge in [0, 0.05) is 17.5 Å². The Bertz CT molecular complexity index is 1090. The second-order valence-corrected chi connectivity index (χ2v) is 6.67. The number of anilines is 1. The Morgan fingerprint density at radius 3 is 2.54 bits per heavy atom. The molecule has 0 radical (unpaired) electrons. The lowest BCUT2D eigenvalue weighted by atomic mass is 10.2. The van der Waals surface area contributed by atoms with Crippen molar-refractivity contribution in [1.82, 2.24) is 9.78 Å². The van der Waals surface area contributed by atoms with Crippen molar-refractivity contribution in [3.05, 3.63) is 84.6 Å². The standard InChI is InChI=1S/C23H21N3O2/c1-17-7-12-22-18(15-17)16-24-26(22)14-13-23(27)25-19-8-10-21(11-9-19)28-20-5-3-2-4-6-20/h2-12,15-16H,13-14H2,1H3,(H,25,27). The van der Waals surface area contributed by atoms with E-state index in [1.165, 1.54) is 5.56 Å². The van der Waals surface area contributed by atoms with Crippen LogP contribution >= 0.6 is 0 Å². The van der Waals surface area contributed by atoms with Crippen LogP contribution in [0.4, 0.5) is 5.69 Å². The molecule has 1 N–H and O–H groups in total. The second-order valence-electron chi connectivity index (χ2n) is 6.67. The van der Waals surface area contributed by atoms with Crippen molar-refractivity contribution in [2.45, 2.75) is 19.9 Å². The van der Waals surface area contributed by atoms with E-state index in [-0.39, 0.29) is 5.91 Å². The summed E-state index contributed by atoms with van der Waals surface area (Å²) in [6.07, 6.45) is 2.19. The number of aromatic nitrogens is 2. The SMILES string of the molecule is Cc1ccc2c(cnn2CCC(=O)Nc2ccc(Oc3ccccc3)cc2)c1. The van der Waals surface area contributed by atoms with Gasteiger partial charge in [-0.05, 0) is 55.5 Å². The van der Waals surface area contributed by atoms with Gasteiger partial charge < -0.3 is 10.1 Å². The highest BCUT2D eigenvalue weighted by atomic mass is 16.5. The number of hydrogen-bond acceptors (Lipinski definition) is 3. The summed E-state index contributed by atoms with van der Waals surface area (Å²) in [4.78, 5) is 12.3. The fraction of sp³-hybridized carbons (Fsp3) is 0.130. The molecular weight excluding hydrogens is 350 g/mol. The summed E-state index contributed by atoms with van der Waals surface area (Å²) in [7, 11) is 0. The normalized spacial score (nSPS) is 10.8. The monoisotopic (exact) mass is 371 g/mol. The van der Waals surface area contributed by atoms with E-state index in [1.54, 1.807) is 0 Å². The first-order valence-corrected chi connectivity index (χ1v) is 9.22. The predicted molar refractivity (Wildman–Crippen MR) is 111 cm³/mol. The van der Waals surface area contributed by atoms with Crippen LogP contribution in [0.2, 0.25) is 0 Å². The molecule has 1 amide bonds. The third-order valence-electron chi connectivity index (χ3n) is 4.46. The Morgan fingerprint density at radius 1 is 1.00 bits per heavy atom. The number of carbonyl (C=O) groups excluding carboxylic acids is 1. The molecule has 0 atom stereocenters. The van der Waals surface area contributed by atoms with Crippen molar-refractivity contribution in [1.29, 1.82) is 0 Å². The third-order valence-corrected chi connectivity index (χ3v) is 4.46. The fourth-order valence-electron chi connectivity index (χ4n) is 3.05. The molecule has 0 unspecified atom stereocenters. The molecule has 4 rings (SSSR count). The first-order valence-electron chi connectivity index (χ1n) is 9.22. The lowest BCUT2D eigenvalue weighted by Crippen LogP contribution is -2.14. The van der Waals surface area contributed by atoms with Crippen LogP contribution in [0.1, 0.15) is 12.0 Å². The number of carbonyl (C=O) groups is 1. The van der Waals surface area contributed by atoms with Gasteiger partial charge in [-0.1, -0.05) is 29.8 Å². The summed E-state index contributed by atoms with van der Waals surface area (Å²) >= 11 is 0. The molecule has 3 aromatic carbocycles. The van der Waals surface area contributed by atoms with Gasteiger partial charge in [0.25, 0.3) is 0 Å². The topological polar surface area (TPSA) is 56.2 Å². The molecule has 140 valence electrons. The maximum atomic E-state index is 12.3. The van der Waals surface area contributed by atoms with Crippen LogP contribution in [0, 0.1) is 6.92 Å². The Labute approximate surface area is 163 Å². The highest BCUT2D eigenvalue weighted by molar-refractivity contribution is 5.90. The highest BCUT2D eigenvalue weighted by Crippen LogP contribution is 2.22. The largest absolute Gasteiger partial charge is 0.457 e. The first-order chi connectivity index (χ1) is 13.7. The highest BCUT2D eigenvalue weighted by Gasteiger charge is 2.07. The van der Waals surface area contributed by atoms with Gasteiger partial charge in [0.05, 0.1) is 18.3 Å². The Hall–Kier alpha value is -3.60. The molecule has 5 heteroatoms. The molecule has 28 heavy (non-hydrogen) atoms. The van der Waals surface area contributed by atoms with E-state index in [0.717, 1.165) is 28.1 Å². The van der Waals surface area contributed by atoms with E-state index in [1.807, 2.05) is 71.5 Å². The minimum Gasteiger partial charge on any atom is -0.457 e. The average molecular weight is 371 g/mol. The summed E-state index contributed by atoms with van der Waals surface area (Å²) in [6, 6.07) is 23.1. The van der Waals surface area contributed by atoms with Gasteiger partial charge in [0.1, 0.15) is 11.5 Å². The van der Waals surface area contributed by atoms with Gasteiger partial charge in [0.2, 0.25) is 5.91 Å². The van der Waals surface area contributed by atoms with E-state index in [0.29, 0.717) is 13.0 Å². The number of ether oxygens (including phenoxy) is 1. The second kappa shape index (κ2) is 7.96. The average Bonchev–Trinajstić information content (AvgIpc) is 3.11. The smallest absolute Gasteiger partial charge is 0.226 e. The van der Waals surface area contributed by atoms with Crippen LogP contribution in [-0.2, 0) is 11.3 Å². The maximum Gasteiger partial charge on any atom is 0.226 e. The van der Waals surface area contributed by atoms with Crippen LogP contribution in [0.25, 0.3) is 10.9 Å². The van der Waals surface area contributed by atoms with Crippen molar-refractivity contribution < 1.29 is 9.53 Å². The summed E-state index contributed by atoms with van der Waals surface area (Å²) < 4.78 is 7.63. The number of hydrogen-bond donors (Lipinski definition) is 1. The molecule has 0 aliphatic carbocycles.